The Morgan fingerprint density at radius 1 is 0.377 bits per heavy atom. The molecule has 0 amide bonds. The second kappa shape index (κ2) is 12.1. The molecule has 1 aromatic heterocycles. The second-order valence-electron chi connectivity index (χ2n) is 14.0. The molecule has 0 N–H and O–H groups in total. The lowest BCUT2D eigenvalue weighted by atomic mass is 9.82. The Bertz CT molecular complexity index is 2690. The zero-order valence-corrected chi connectivity index (χ0v) is 29.2. The predicted octanol–water partition coefficient (Wildman–Crippen LogP) is 12.4. The van der Waals surface area contributed by atoms with Gasteiger partial charge in [-0.2, -0.15) is 0 Å². The van der Waals surface area contributed by atoms with Gasteiger partial charge in [-0.05, 0) is 51.6 Å². The fraction of sp³-hybridized carbons (Fsp3) is 0.0625. The molecule has 0 saturated heterocycles. The van der Waals surface area contributed by atoms with E-state index in [9.17, 15) is 0 Å². The molecule has 5 nitrogen and oxygen atoms in total. The Morgan fingerprint density at radius 2 is 0.906 bits per heavy atom. The summed E-state index contributed by atoms with van der Waals surface area (Å²) in [6.07, 6.45) is 0. The zero-order chi connectivity index (χ0) is 35.5. The highest BCUT2D eigenvalue weighted by atomic mass is 16.6. The van der Waals surface area contributed by atoms with Crippen LogP contribution < -0.4 is 9.47 Å². The molecule has 0 bridgehead atoms. The van der Waals surface area contributed by atoms with Gasteiger partial charge in [0.2, 0.25) is 0 Å². The lowest BCUT2D eigenvalue weighted by molar-refractivity contribution is 0.361. The van der Waals surface area contributed by atoms with Crippen molar-refractivity contribution in [1.82, 2.24) is 15.0 Å². The van der Waals surface area contributed by atoms with Crippen LogP contribution in [-0.2, 0) is 5.41 Å². The van der Waals surface area contributed by atoms with Crippen LogP contribution in [0.4, 0.5) is 0 Å². The number of ether oxygens (including phenoxy) is 2. The normalized spacial score (nSPS) is 13.2. The van der Waals surface area contributed by atoms with Gasteiger partial charge in [0.15, 0.2) is 40.5 Å². The lowest BCUT2D eigenvalue weighted by Gasteiger charge is -2.26. The SMILES string of the molecule is CC1(C)c2ccccc2-c2c1ccc1c2Oc2cccc(-c3ccc(-c4nc(-c5ccccc5)nc(-c5cccc(-c6ccccc6)c5)n4)cc3)c2O1. The topological polar surface area (TPSA) is 57.1 Å². The first-order chi connectivity index (χ1) is 26.0. The maximum absolute atomic E-state index is 6.72. The number of aromatic nitrogens is 3. The highest BCUT2D eigenvalue weighted by molar-refractivity contribution is 5.89. The third-order valence-electron chi connectivity index (χ3n) is 10.4. The van der Waals surface area contributed by atoms with Crippen LogP contribution in [0.15, 0.2) is 164 Å². The number of para-hydroxylation sites is 1. The van der Waals surface area contributed by atoms with E-state index in [4.69, 9.17) is 24.4 Å². The van der Waals surface area contributed by atoms with Gasteiger partial charge in [0.05, 0.1) is 0 Å². The fourth-order valence-corrected chi connectivity index (χ4v) is 7.69. The highest BCUT2D eigenvalue weighted by Crippen LogP contribution is 2.59. The van der Waals surface area contributed by atoms with E-state index in [0.29, 0.717) is 29.0 Å². The molecule has 0 radical (unpaired) electrons. The van der Waals surface area contributed by atoms with Gasteiger partial charge in [0.25, 0.3) is 0 Å². The summed E-state index contributed by atoms with van der Waals surface area (Å²) in [5.74, 6) is 4.73. The molecule has 0 saturated carbocycles. The molecule has 0 atom stereocenters. The number of hydrogen-bond donors (Lipinski definition) is 0. The average Bonchev–Trinajstić information content (AvgIpc) is 3.46. The molecule has 0 fully saturated rings. The molecule has 252 valence electrons. The number of nitrogens with zero attached hydrogens (tertiary/aromatic N) is 3. The standard InChI is InChI=1S/C48H33N3O2/c1-48(2)38-21-10-9-19-37(38)42-39(48)27-28-41-44(42)53-40-22-12-20-36(43(40)52-41)31-23-25-33(26-24-31)46-49-45(32-15-7-4-8-16-32)50-47(51-46)35-18-11-17-34(29-35)30-13-5-3-6-14-30/h3-29H,1-2H3. The number of fused-ring (bicyclic) bond motifs is 6. The Labute approximate surface area is 308 Å². The Balaban J connectivity index is 1.01. The van der Waals surface area contributed by atoms with Gasteiger partial charge in [-0.1, -0.05) is 159 Å². The van der Waals surface area contributed by atoms with E-state index >= 15 is 0 Å². The van der Waals surface area contributed by atoms with Crippen molar-refractivity contribution in [1.29, 1.82) is 0 Å². The third kappa shape index (κ3) is 5.20. The van der Waals surface area contributed by atoms with Crippen LogP contribution in [-0.4, -0.2) is 15.0 Å². The Kier molecular flexibility index (Phi) is 7.08. The van der Waals surface area contributed by atoms with Gasteiger partial charge in [-0.3, -0.25) is 0 Å². The van der Waals surface area contributed by atoms with Gasteiger partial charge in [0.1, 0.15) is 0 Å². The monoisotopic (exact) mass is 683 g/mol. The van der Waals surface area contributed by atoms with E-state index in [1.54, 1.807) is 0 Å². The maximum atomic E-state index is 6.72. The van der Waals surface area contributed by atoms with Gasteiger partial charge in [-0.15, -0.1) is 0 Å². The Morgan fingerprint density at radius 3 is 1.66 bits per heavy atom. The summed E-state index contributed by atoms with van der Waals surface area (Å²) in [4.78, 5) is 14.9. The molecule has 53 heavy (non-hydrogen) atoms. The molecule has 8 aromatic rings. The van der Waals surface area contributed by atoms with E-state index in [2.05, 4.69) is 123 Å². The van der Waals surface area contributed by atoms with Gasteiger partial charge < -0.3 is 9.47 Å². The van der Waals surface area contributed by atoms with E-state index in [0.717, 1.165) is 56.0 Å². The molecule has 0 unspecified atom stereocenters. The smallest absolute Gasteiger partial charge is 0.178 e. The van der Waals surface area contributed by atoms with E-state index in [-0.39, 0.29) is 5.41 Å². The van der Waals surface area contributed by atoms with Gasteiger partial charge in [-0.25, -0.2) is 15.0 Å². The van der Waals surface area contributed by atoms with Crippen LogP contribution in [0.25, 0.3) is 67.5 Å². The number of benzene rings is 7. The average molecular weight is 684 g/mol. The molecule has 1 aliphatic carbocycles. The van der Waals surface area contributed by atoms with Crippen molar-refractivity contribution in [3.05, 3.63) is 175 Å². The van der Waals surface area contributed by atoms with Crippen molar-refractivity contribution >= 4 is 0 Å². The minimum Gasteiger partial charge on any atom is -0.449 e. The molecular formula is C48H33N3O2. The first kappa shape index (κ1) is 30.9. The number of rotatable bonds is 5. The summed E-state index contributed by atoms with van der Waals surface area (Å²) in [6.45, 7) is 4.54. The minimum absolute atomic E-state index is 0.123. The summed E-state index contributed by atoms with van der Waals surface area (Å²) in [7, 11) is 0. The van der Waals surface area contributed by atoms with Crippen molar-refractivity contribution in [2.75, 3.05) is 0 Å². The number of hydrogen-bond acceptors (Lipinski definition) is 5. The Hall–Kier alpha value is -6.85. The molecule has 10 rings (SSSR count). The quantitative estimate of drug-likeness (QED) is 0.181. The second-order valence-corrected chi connectivity index (χ2v) is 14.0. The van der Waals surface area contributed by atoms with Crippen LogP contribution in [0.2, 0.25) is 0 Å². The van der Waals surface area contributed by atoms with Crippen molar-refractivity contribution < 1.29 is 9.47 Å². The first-order valence-electron chi connectivity index (χ1n) is 17.9. The highest BCUT2D eigenvalue weighted by Gasteiger charge is 2.39. The summed E-state index contributed by atoms with van der Waals surface area (Å²) >= 11 is 0. The molecule has 7 aromatic carbocycles. The molecule has 2 heterocycles. The van der Waals surface area contributed by atoms with Crippen LogP contribution in [0.1, 0.15) is 25.0 Å². The largest absolute Gasteiger partial charge is 0.449 e. The molecule has 5 heteroatoms. The summed E-state index contributed by atoms with van der Waals surface area (Å²) < 4.78 is 13.4. The van der Waals surface area contributed by atoms with Crippen molar-refractivity contribution in [2.24, 2.45) is 0 Å². The molecule has 0 spiro atoms. The third-order valence-corrected chi connectivity index (χ3v) is 10.4. The van der Waals surface area contributed by atoms with Gasteiger partial charge in [0, 0.05) is 33.2 Å². The predicted molar refractivity (Wildman–Crippen MR) is 211 cm³/mol. The maximum Gasteiger partial charge on any atom is 0.178 e. The molecular weight excluding hydrogens is 651 g/mol. The van der Waals surface area contributed by atoms with Crippen LogP contribution >= 0.6 is 0 Å². The molecule has 1 aliphatic heterocycles. The van der Waals surface area contributed by atoms with Gasteiger partial charge >= 0.3 is 0 Å². The van der Waals surface area contributed by atoms with Crippen molar-refractivity contribution in [3.63, 3.8) is 0 Å². The van der Waals surface area contributed by atoms with Crippen LogP contribution in [0.5, 0.6) is 23.0 Å². The summed E-state index contributed by atoms with van der Waals surface area (Å²) in [6, 6.07) is 55.9. The lowest BCUT2D eigenvalue weighted by Crippen LogP contribution is -2.15. The fourth-order valence-electron chi connectivity index (χ4n) is 7.69. The minimum atomic E-state index is -0.123. The first-order valence-corrected chi connectivity index (χ1v) is 17.9. The van der Waals surface area contributed by atoms with Crippen molar-refractivity contribution in [2.45, 2.75) is 19.3 Å². The van der Waals surface area contributed by atoms with E-state index in [1.165, 1.54) is 16.7 Å². The zero-order valence-electron chi connectivity index (χ0n) is 29.2. The molecule has 2 aliphatic rings. The van der Waals surface area contributed by atoms with Crippen LogP contribution in [0.3, 0.4) is 0 Å². The van der Waals surface area contributed by atoms with Crippen molar-refractivity contribution in [3.8, 4) is 90.5 Å². The van der Waals surface area contributed by atoms with E-state index in [1.807, 2.05) is 54.6 Å². The summed E-state index contributed by atoms with van der Waals surface area (Å²) in [5, 5.41) is 0. The van der Waals surface area contributed by atoms with Crippen LogP contribution in [0, 0.1) is 0 Å². The van der Waals surface area contributed by atoms with E-state index < -0.39 is 0 Å². The summed E-state index contributed by atoms with van der Waals surface area (Å²) in [5.41, 5.74) is 11.7.